The minimum atomic E-state index is 0.167. The van der Waals surface area contributed by atoms with Crippen LogP contribution in [0.25, 0.3) is 0 Å². The summed E-state index contributed by atoms with van der Waals surface area (Å²) in [6.45, 7) is 2.24. The molecule has 6 heteroatoms. The molecule has 0 radical (unpaired) electrons. The second-order valence-electron chi connectivity index (χ2n) is 5.52. The molecule has 3 rings (SSSR count). The fourth-order valence-electron chi connectivity index (χ4n) is 2.70. The number of hydrogen-bond acceptors (Lipinski definition) is 4. The molecule has 0 spiro atoms. The molecule has 2 aliphatic rings. The fraction of sp³-hybridized carbons (Fsp3) is 0.769. The summed E-state index contributed by atoms with van der Waals surface area (Å²) in [5.74, 6) is 0.167. The molecule has 1 unspecified atom stereocenters. The molecule has 1 saturated carbocycles. The van der Waals surface area contributed by atoms with Crippen molar-refractivity contribution in [3.05, 3.63) is 12.7 Å². The van der Waals surface area contributed by atoms with Crippen molar-refractivity contribution < 1.29 is 4.79 Å². The predicted molar refractivity (Wildman–Crippen MR) is 70.4 cm³/mol. The van der Waals surface area contributed by atoms with Crippen molar-refractivity contribution in [1.29, 1.82) is 0 Å². The molecule has 19 heavy (non-hydrogen) atoms. The quantitative estimate of drug-likeness (QED) is 0.836. The minimum absolute atomic E-state index is 0.167. The van der Waals surface area contributed by atoms with Crippen LogP contribution in [0, 0.1) is 0 Å². The Morgan fingerprint density at radius 1 is 1.37 bits per heavy atom. The summed E-state index contributed by atoms with van der Waals surface area (Å²) in [4.78, 5) is 18.3. The van der Waals surface area contributed by atoms with Gasteiger partial charge in [-0.25, -0.2) is 9.67 Å². The number of nitrogens with one attached hydrogen (secondary N) is 1. The van der Waals surface area contributed by atoms with Crippen LogP contribution in [0.5, 0.6) is 0 Å². The topological polar surface area (TPSA) is 63.1 Å². The molecule has 1 aliphatic carbocycles. The molecule has 2 fully saturated rings. The normalized spacial score (nSPS) is 23.3. The molecule has 1 aliphatic heterocycles. The molecule has 1 N–H and O–H groups in total. The summed E-state index contributed by atoms with van der Waals surface area (Å²) in [5.41, 5.74) is 0. The third kappa shape index (κ3) is 3.32. The lowest BCUT2D eigenvalue weighted by Crippen LogP contribution is -2.47. The van der Waals surface area contributed by atoms with Gasteiger partial charge in [-0.1, -0.05) is 6.42 Å². The highest BCUT2D eigenvalue weighted by Gasteiger charge is 2.34. The highest BCUT2D eigenvalue weighted by Crippen LogP contribution is 2.28. The zero-order chi connectivity index (χ0) is 13.1. The van der Waals surface area contributed by atoms with E-state index >= 15 is 0 Å². The number of carbonyl (C=O) groups excluding carboxylic acids is 1. The van der Waals surface area contributed by atoms with E-state index in [2.05, 4.69) is 15.4 Å². The minimum Gasteiger partial charge on any atom is -0.337 e. The van der Waals surface area contributed by atoms with Gasteiger partial charge in [-0.2, -0.15) is 5.10 Å². The molecule has 6 nitrogen and oxygen atoms in total. The van der Waals surface area contributed by atoms with Crippen LogP contribution in [0.2, 0.25) is 0 Å². The highest BCUT2D eigenvalue weighted by atomic mass is 16.2. The van der Waals surface area contributed by atoms with E-state index in [4.69, 9.17) is 0 Å². The summed E-state index contributed by atoms with van der Waals surface area (Å²) < 4.78 is 1.60. The van der Waals surface area contributed by atoms with Gasteiger partial charge < -0.3 is 10.2 Å². The van der Waals surface area contributed by atoms with Crippen molar-refractivity contribution in [1.82, 2.24) is 25.0 Å². The SMILES string of the molecule is O=C(Cn1cncn1)N(CC1CCCCN1)C1CC1. The Morgan fingerprint density at radius 2 is 2.26 bits per heavy atom. The van der Waals surface area contributed by atoms with Crippen LogP contribution in [0.1, 0.15) is 32.1 Å². The Morgan fingerprint density at radius 3 is 2.89 bits per heavy atom. The van der Waals surface area contributed by atoms with Gasteiger partial charge >= 0.3 is 0 Å². The number of hydrogen-bond donors (Lipinski definition) is 1. The van der Waals surface area contributed by atoms with Crippen molar-refractivity contribution in [2.75, 3.05) is 13.1 Å². The Bertz CT molecular complexity index is 409. The molecule has 0 bridgehead atoms. The van der Waals surface area contributed by atoms with Gasteiger partial charge in [-0.3, -0.25) is 4.79 Å². The van der Waals surface area contributed by atoms with Gasteiger partial charge in [0.25, 0.3) is 0 Å². The molecule has 1 atom stereocenters. The maximum absolute atomic E-state index is 12.4. The maximum Gasteiger partial charge on any atom is 0.244 e. The number of nitrogens with zero attached hydrogens (tertiary/aromatic N) is 4. The lowest BCUT2D eigenvalue weighted by atomic mass is 10.0. The molecule has 1 saturated heterocycles. The van der Waals surface area contributed by atoms with E-state index in [0.717, 1.165) is 25.9 Å². The van der Waals surface area contributed by atoms with Crippen molar-refractivity contribution >= 4 is 5.91 Å². The molecular formula is C13H21N5O. The zero-order valence-corrected chi connectivity index (χ0v) is 11.2. The second kappa shape index (κ2) is 5.69. The van der Waals surface area contributed by atoms with Gasteiger partial charge in [-0.05, 0) is 32.2 Å². The summed E-state index contributed by atoms with van der Waals surface area (Å²) in [7, 11) is 0. The molecule has 1 aromatic rings. The molecule has 1 amide bonds. The van der Waals surface area contributed by atoms with E-state index < -0.39 is 0 Å². The van der Waals surface area contributed by atoms with Crippen LogP contribution in [-0.4, -0.2) is 50.7 Å². The molecule has 104 valence electrons. The third-order valence-corrected chi connectivity index (χ3v) is 3.90. The van der Waals surface area contributed by atoms with Crippen LogP contribution in [-0.2, 0) is 11.3 Å². The van der Waals surface area contributed by atoms with E-state index in [0.29, 0.717) is 18.6 Å². The van der Waals surface area contributed by atoms with E-state index in [1.54, 1.807) is 11.0 Å². The first-order valence-electron chi connectivity index (χ1n) is 7.18. The third-order valence-electron chi connectivity index (χ3n) is 3.90. The number of aromatic nitrogens is 3. The van der Waals surface area contributed by atoms with Crippen LogP contribution in [0.4, 0.5) is 0 Å². The smallest absolute Gasteiger partial charge is 0.244 e. The summed E-state index contributed by atoms with van der Waals surface area (Å²) in [6, 6.07) is 0.925. The standard InChI is InChI=1S/C13H21N5O/c19-13(8-17-10-14-9-16-17)18(12-4-5-12)7-11-3-1-2-6-15-11/h9-12,15H,1-8H2. The van der Waals surface area contributed by atoms with Gasteiger partial charge in [0, 0.05) is 18.6 Å². The van der Waals surface area contributed by atoms with Crippen molar-refractivity contribution in [3.8, 4) is 0 Å². The molecule has 2 heterocycles. The average Bonchev–Trinajstić information content (AvgIpc) is 3.15. The number of amides is 1. The van der Waals surface area contributed by atoms with E-state index in [9.17, 15) is 4.79 Å². The lowest BCUT2D eigenvalue weighted by molar-refractivity contribution is -0.133. The fourth-order valence-corrected chi connectivity index (χ4v) is 2.70. The van der Waals surface area contributed by atoms with Crippen molar-refractivity contribution in [3.63, 3.8) is 0 Å². The van der Waals surface area contributed by atoms with Gasteiger partial charge in [0.2, 0.25) is 5.91 Å². The van der Waals surface area contributed by atoms with Crippen LogP contribution < -0.4 is 5.32 Å². The maximum atomic E-state index is 12.4. The monoisotopic (exact) mass is 263 g/mol. The first-order chi connectivity index (χ1) is 9.33. The first kappa shape index (κ1) is 12.6. The molecule has 0 aromatic carbocycles. The summed E-state index contributed by atoms with van der Waals surface area (Å²) in [6.07, 6.45) is 9.07. The lowest BCUT2D eigenvalue weighted by Gasteiger charge is -2.30. The molecule has 1 aromatic heterocycles. The average molecular weight is 263 g/mol. The van der Waals surface area contributed by atoms with Gasteiger partial charge in [0.15, 0.2) is 0 Å². The van der Waals surface area contributed by atoms with E-state index in [1.165, 1.54) is 25.6 Å². The summed E-state index contributed by atoms with van der Waals surface area (Å²) in [5, 5.41) is 7.52. The Hall–Kier alpha value is -1.43. The predicted octanol–water partition coefficient (Wildman–Crippen LogP) is 0.411. The highest BCUT2D eigenvalue weighted by molar-refractivity contribution is 5.76. The van der Waals surface area contributed by atoms with Crippen molar-refractivity contribution in [2.24, 2.45) is 0 Å². The Balaban J connectivity index is 1.58. The number of rotatable bonds is 5. The first-order valence-corrected chi connectivity index (χ1v) is 7.18. The number of carbonyl (C=O) groups is 1. The van der Waals surface area contributed by atoms with Crippen LogP contribution in [0.15, 0.2) is 12.7 Å². The van der Waals surface area contributed by atoms with E-state index in [-0.39, 0.29) is 5.91 Å². The van der Waals surface area contributed by atoms with Gasteiger partial charge in [0.1, 0.15) is 19.2 Å². The van der Waals surface area contributed by atoms with Gasteiger partial charge in [0.05, 0.1) is 0 Å². The largest absolute Gasteiger partial charge is 0.337 e. The van der Waals surface area contributed by atoms with Crippen LogP contribution >= 0.6 is 0 Å². The summed E-state index contributed by atoms with van der Waals surface area (Å²) >= 11 is 0. The zero-order valence-electron chi connectivity index (χ0n) is 11.2. The molecular weight excluding hydrogens is 242 g/mol. The van der Waals surface area contributed by atoms with E-state index in [1.807, 2.05) is 4.90 Å². The van der Waals surface area contributed by atoms with Crippen LogP contribution in [0.3, 0.4) is 0 Å². The number of piperidine rings is 1. The van der Waals surface area contributed by atoms with Crippen molar-refractivity contribution in [2.45, 2.75) is 50.7 Å². The second-order valence-corrected chi connectivity index (χ2v) is 5.52. The van der Waals surface area contributed by atoms with Gasteiger partial charge in [-0.15, -0.1) is 0 Å². The Labute approximate surface area is 113 Å². The Kier molecular flexibility index (Phi) is 3.77.